The van der Waals surface area contributed by atoms with Gasteiger partial charge in [0.05, 0.1) is 18.1 Å². The van der Waals surface area contributed by atoms with Crippen LogP contribution in [0.1, 0.15) is 26.5 Å². The smallest absolute Gasteiger partial charge is 0.261 e. The van der Waals surface area contributed by atoms with Crippen LogP contribution in [0.4, 0.5) is 0 Å². The van der Waals surface area contributed by atoms with E-state index in [1.54, 1.807) is 11.3 Å². The fraction of sp³-hybridized carbons (Fsp3) is 0.583. The predicted molar refractivity (Wildman–Crippen MR) is 75.8 cm³/mol. The van der Waals surface area contributed by atoms with Gasteiger partial charge in [0.1, 0.15) is 0 Å². The van der Waals surface area contributed by atoms with E-state index in [0.29, 0.717) is 6.61 Å². The number of fused-ring (bicyclic) bond motifs is 1. The lowest BCUT2D eigenvalue weighted by atomic mass is 10.2. The number of thiophene rings is 1. The largest absolute Gasteiger partial charge is 0.376 e. The van der Waals surface area contributed by atoms with E-state index in [9.17, 15) is 4.79 Å². The van der Waals surface area contributed by atoms with Crippen LogP contribution in [-0.2, 0) is 17.8 Å². The van der Waals surface area contributed by atoms with E-state index in [4.69, 9.17) is 4.74 Å². The molecule has 6 heteroatoms. The highest BCUT2D eigenvalue weighted by Crippen LogP contribution is 2.26. The van der Waals surface area contributed by atoms with E-state index in [1.165, 1.54) is 10.4 Å². The fourth-order valence-electron chi connectivity index (χ4n) is 1.81. The Kier molecular flexibility index (Phi) is 6.63. The Labute approximate surface area is 118 Å². The molecule has 0 unspecified atom stereocenters. The summed E-state index contributed by atoms with van der Waals surface area (Å²) in [4.78, 5) is 14.0. The zero-order chi connectivity index (χ0) is 12.1. The summed E-state index contributed by atoms with van der Waals surface area (Å²) in [6.45, 7) is 3.07. The highest BCUT2D eigenvalue weighted by Gasteiger charge is 2.17. The normalized spacial score (nSPS) is 13.6. The Morgan fingerprint density at radius 3 is 3.06 bits per heavy atom. The number of rotatable bonds is 5. The monoisotopic (exact) mass is 290 g/mol. The Hall–Kier alpha value is -0.620. The molecular weight excluding hydrogens is 272 g/mol. The summed E-state index contributed by atoms with van der Waals surface area (Å²) in [5.41, 5.74) is 1.18. The minimum absolute atomic E-state index is 0. The number of ether oxygens (including phenoxy) is 1. The van der Waals surface area contributed by atoms with Crippen molar-refractivity contribution in [1.29, 1.82) is 0 Å². The lowest BCUT2D eigenvalue weighted by Crippen LogP contribution is -2.25. The van der Waals surface area contributed by atoms with Gasteiger partial charge in [0, 0.05) is 17.8 Å². The molecule has 2 rings (SSSR count). The molecule has 0 bridgehead atoms. The van der Waals surface area contributed by atoms with Gasteiger partial charge in [0.2, 0.25) is 0 Å². The van der Waals surface area contributed by atoms with Gasteiger partial charge < -0.3 is 15.4 Å². The van der Waals surface area contributed by atoms with Crippen LogP contribution in [0, 0.1) is 0 Å². The van der Waals surface area contributed by atoms with Gasteiger partial charge in [-0.25, -0.2) is 0 Å². The summed E-state index contributed by atoms with van der Waals surface area (Å²) in [6.07, 6.45) is 1.89. The summed E-state index contributed by atoms with van der Waals surface area (Å²) in [7, 11) is 1.91. The van der Waals surface area contributed by atoms with Gasteiger partial charge in [-0.2, -0.15) is 0 Å². The molecule has 102 valence electrons. The molecule has 1 amide bonds. The van der Waals surface area contributed by atoms with Crippen LogP contribution in [0.3, 0.4) is 0 Å². The van der Waals surface area contributed by atoms with E-state index in [1.807, 2.05) is 13.1 Å². The lowest BCUT2D eigenvalue weighted by Gasteiger charge is -2.10. The first-order chi connectivity index (χ1) is 8.31. The van der Waals surface area contributed by atoms with Crippen LogP contribution in [0.2, 0.25) is 0 Å². The van der Waals surface area contributed by atoms with Crippen molar-refractivity contribution in [2.45, 2.75) is 19.4 Å². The zero-order valence-electron chi connectivity index (χ0n) is 10.5. The Morgan fingerprint density at radius 1 is 1.50 bits per heavy atom. The third-order valence-corrected chi connectivity index (χ3v) is 3.98. The highest BCUT2D eigenvalue weighted by molar-refractivity contribution is 7.14. The number of amides is 1. The first-order valence-electron chi connectivity index (χ1n) is 5.93. The predicted octanol–water partition coefficient (Wildman–Crippen LogP) is 1.58. The summed E-state index contributed by atoms with van der Waals surface area (Å²) < 4.78 is 5.37. The number of hydrogen-bond acceptors (Lipinski definition) is 4. The quantitative estimate of drug-likeness (QED) is 0.810. The highest BCUT2D eigenvalue weighted by atomic mass is 35.5. The average molecular weight is 291 g/mol. The van der Waals surface area contributed by atoms with Gasteiger partial charge in [-0.05, 0) is 31.6 Å². The van der Waals surface area contributed by atoms with Crippen molar-refractivity contribution >= 4 is 29.7 Å². The minimum atomic E-state index is 0. The third-order valence-electron chi connectivity index (χ3n) is 2.74. The lowest BCUT2D eigenvalue weighted by molar-refractivity contribution is 0.0957. The van der Waals surface area contributed by atoms with Crippen molar-refractivity contribution in [2.24, 2.45) is 0 Å². The van der Waals surface area contributed by atoms with E-state index < -0.39 is 0 Å². The number of hydrogen-bond donors (Lipinski definition) is 2. The molecule has 0 saturated carbocycles. The molecule has 0 radical (unpaired) electrons. The maximum Gasteiger partial charge on any atom is 0.261 e. The van der Waals surface area contributed by atoms with E-state index >= 15 is 0 Å². The summed E-state index contributed by atoms with van der Waals surface area (Å²) >= 11 is 1.60. The molecule has 2 heterocycles. The third kappa shape index (κ3) is 3.95. The molecule has 18 heavy (non-hydrogen) atoms. The molecule has 0 saturated heterocycles. The molecule has 1 aromatic rings. The van der Waals surface area contributed by atoms with E-state index in [0.717, 1.165) is 37.4 Å². The van der Waals surface area contributed by atoms with Crippen molar-refractivity contribution in [3.63, 3.8) is 0 Å². The maximum atomic E-state index is 11.9. The van der Waals surface area contributed by atoms with Crippen LogP contribution in [0.15, 0.2) is 6.07 Å². The molecule has 2 N–H and O–H groups in total. The van der Waals surface area contributed by atoms with E-state index in [-0.39, 0.29) is 18.3 Å². The van der Waals surface area contributed by atoms with Crippen LogP contribution in [0.25, 0.3) is 0 Å². The first-order valence-corrected chi connectivity index (χ1v) is 6.75. The topological polar surface area (TPSA) is 50.4 Å². The van der Waals surface area contributed by atoms with Crippen molar-refractivity contribution < 1.29 is 9.53 Å². The van der Waals surface area contributed by atoms with Gasteiger partial charge in [-0.1, -0.05) is 0 Å². The first kappa shape index (κ1) is 15.4. The molecule has 1 aromatic heterocycles. The maximum absolute atomic E-state index is 11.9. The Morgan fingerprint density at radius 2 is 2.33 bits per heavy atom. The van der Waals surface area contributed by atoms with Crippen LogP contribution >= 0.6 is 23.7 Å². The second-order valence-corrected chi connectivity index (χ2v) is 5.21. The Bertz CT molecular complexity index is 372. The number of carbonyl (C=O) groups is 1. The van der Waals surface area contributed by atoms with Crippen LogP contribution < -0.4 is 10.6 Å². The molecule has 1 aliphatic rings. The second-order valence-electron chi connectivity index (χ2n) is 4.07. The van der Waals surface area contributed by atoms with Crippen molar-refractivity contribution in [2.75, 3.05) is 26.7 Å². The molecule has 4 nitrogen and oxygen atoms in total. The SMILES string of the molecule is CNCCCNC(=O)c1cc2c(s1)CCOC2.Cl. The molecule has 0 aromatic carbocycles. The molecule has 0 atom stereocenters. The second kappa shape index (κ2) is 7.74. The van der Waals surface area contributed by atoms with Gasteiger partial charge in [-0.15, -0.1) is 23.7 Å². The minimum Gasteiger partial charge on any atom is -0.376 e. The molecule has 1 aliphatic heterocycles. The zero-order valence-corrected chi connectivity index (χ0v) is 12.1. The standard InChI is InChI=1S/C12H18N2O2S.ClH/c1-13-4-2-5-14-12(15)11-7-9-8-16-6-3-10(9)17-11;/h7,13H,2-6,8H2,1H3,(H,14,15);1H. The van der Waals surface area contributed by atoms with Crippen molar-refractivity contribution in [3.8, 4) is 0 Å². The number of halogens is 1. The molecule has 0 fully saturated rings. The number of nitrogens with one attached hydrogen (secondary N) is 2. The molecule has 0 aliphatic carbocycles. The van der Waals surface area contributed by atoms with Crippen molar-refractivity contribution in [3.05, 3.63) is 21.4 Å². The summed E-state index contributed by atoms with van der Waals surface area (Å²) in [5, 5.41) is 5.99. The van der Waals surface area contributed by atoms with Crippen LogP contribution in [-0.4, -0.2) is 32.7 Å². The van der Waals surface area contributed by atoms with Crippen molar-refractivity contribution in [1.82, 2.24) is 10.6 Å². The summed E-state index contributed by atoms with van der Waals surface area (Å²) in [5.74, 6) is 0.0421. The van der Waals surface area contributed by atoms with Gasteiger partial charge >= 0.3 is 0 Å². The van der Waals surface area contributed by atoms with Gasteiger partial charge in [0.15, 0.2) is 0 Å². The summed E-state index contributed by atoms with van der Waals surface area (Å²) in [6, 6.07) is 1.96. The average Bonchev–Trinajstić information content (AvgIpc) is 2.78. The Balaban J connectivity index is 0.00000162. The van der Waals surface area contributed by atoms with Crippen LogP contribution in [0.5, 0.6) is 0 Å². The molecule has 0 spiro atoms. The van der Waals surface area contributed by atoms with E-state index in [2.05, 4.69) is 10.6 Å². The number of carbonyl (C=O) groups excluding carboxylic acids is 1. The molecular formula is C12H19ClN2O2S. The fourth-order valence-corrected chi connectivity index (χ4v) is 2.88. The van der Waals surface area contributed by atoms with Gasteiger partial charge in [0.25, 0.3) is 5.91 Å². The van der Waals surface area contributed by atoms with Gasteiger partial charge in [-0.3, -0.25) is 4.79 Å².